The summed E-state index contributed by atoms with van der Waals surface area (Å²) in [5.74, 6) is -0.770. The fraction of sp³-hybridized carbons (Fsp3) is 0.929. The summed E-state index contributed by atoms with van der Waals surface area (Å²) >= 11 is 0. The molecule has 4 heteroatoms. The van der Waals surface area contributed by atoms with E-state index in [1.807, 2.05) is 0 Å². The fourth-order valence-electron chi connectivity index (χ4n) is 4.24. The molecule has 0 aromatic rings. The van der Waals surface area contributed by atoms with Crippen molar-refractivity contribution in [3.8, 4) is 0 Å². The van der Waals surface area contributed by atoms with Crippen LogP contribution in [0.25, 0.3) is 0 Å². The van der Waals surface area contributed by atoms with Gasteiger partial charge in [-0.3, -0.25) is 9.59 Å². The van der Waals surface area contributed by atoms with E-state index < -0.39 is 5.97 Å². The van der Waals surface area contributed by atoms with Gasteiger partial charge in [0, 0.05) is 12.8 Å². The number of carboxylic acid groups (broad SMARTS) is 1. The summed E-state index contributed by atoms with van der Waals surface area (Å²) in [6.07, 6.45) is 25.6. The van der Waals surface area contributed by atoms with E-state index in [2.05, 4.69) is 13.8 Å². The van der Waals surface area contributed by atoms with Crippen molar-refractivity contribution in [2.24, 2.45) is 0 Å². The van der Waals surface area contributed by atoms with E-state index in [9.17, 15) is 9.59 Å². The first-order valence-electron chi connectivity index (χ1n) is 14.0. The summed E-state index contributed by atoms with van der Waals surface area (Å²) in [4.78, 5) is 22.9. The Morgan fingerprint density at radius 1 is 0.562 bits per heavy atom. The molecule has 0 spiro atoms. The van der Waals surface area contributed by atoms with Crippen LogP contribution in [-0.2, 0) is 14.3 Å². The van der Waals surface area contributed by atoms with Crippen LogP contribution in [0.15, 0.2) is 0 Å². The number of ether oxygens (including phenoxy) is 1. The molecule has 0 radical (unpaired) electrons. The summed E-state index contributed by atoms with van der Waals surface area (Å²) in [6, 6.07) is 0. The molecule has 32 heavy (non-hydrogen) atoms. The molecule has 0 heterocycles. The number of carbonyl (C=O) groups is 2. The van der Waals surface area contributed by atoms with Crippen LogP contribution in [0.5, 0.6) is 0 Å². The number of carbonyl (C=O) groups excluding carboxylic acids is 1. The maximum Gasteiger partial charge on any atom is 0.306 e. The normalized spacial score (nSPS) is 12.1. The van der Waals surface area contributed by atoms with Gasteiger partial charge in [-0.1, -0.05) is 110 Å². The van der Waals surface area contributed by atoms with Crippen LogP contribution in [0.4, 0.5) is 0 Å². The summed E-state index contributed by atoms with van der Waals surface area (Å²) < 4.78 is 5.78. The molecular formula is C28H54O4. The first-order chi connectivity index (χ1) is 15.6. The minimum atomic E-state index is -0.728. The van der Waals surface area contributed by atoms with E-state index in [-0.39, 0.29) is 18.5 Å². The Morgan fingerprint density at radius 2 is 0.938 bits per heavy atom. The molecule has 1 unspecified atom stereocenters. The number of hydrogen-bond donors (Lipinski definition) is 1. The second-order valence-corrected chi connectivity index (χ2v) is 9.59. The average Bonchev–Trinajstić information content (AvgIpc) is 2.76. The van der Waals surface area contributed by atoms with E-state index in [1.54, 1.807) is 0 Å². The molecule has 0 aromatic heterocycles. The number of esters is 1. The minimum absolute atomic E-state index is 0.0147. The lowest BCUT2D eigenvalue weighted by Crippen LogP contribution is -2.18. The molecule has 0 aliphatic carbocycles. The van der Waals surface area contributed by atoms with Gasteiger partial charge in [0.2, 0.25) is 0 Å². The Balaban J connectivity index is 3.71. The van der Waals surface area contributed by atoms with Crippen molar-refractivity contribution in [2.75, 3.05) is 0 Å². The van der Waals surface area contributed by atoms with Gasteiger partial charge in [0.15, 0.2) is 0 Å². The highest BCUT2D eigenvalue weighted by molar-refractivity contribution is 5.69. The van der Waals surface area contributed by atoms with Crippen LogP contribution in [0, 0.1) is 0 Å². The van der Waals surface area contributed by atoms with Crippen LogP contribution in [0.1, 0.15) is 162 Å². The molecule has 0 saturated heterocycles. The van der Waals surface area contributed by atoms with Gasteiger partial charge in [-0.25, -0.2) is 0 Å². The molecule has 1 N–H and O–H groups in total. The van der Waals surface area contributed by atoms with E-state index in [0.717, 1.165) is 51.4 Å². The van der Waals surface area contributed by atoms with Crippen molar-refractivity contribution >= 4 is 11.9 Å². The Bertz CT molecular complexity index is 422. The minimum Gasteiger partial charge on any atom is -0.481 e. The standard InChI is InChI=1S/C28H54O4/c1-3-5-7-8-9-10-11-12-13-14-15-16-21-25-28(31)32-26(22-18-6-4-2)23-19-17-20-24-27(29)30/h26H,3-25H2,1-2H3,(H,29,30). The van der Waals surface area contributed by atoms with Crippen molar-refractivity contribution in [1.82, 2.24) is 0 Å². The summed E-state index contributed by atoms with van der Waals surface area (Å²) in [5.41, 5.74) is 0. The molecule has 0 aromatic carbocycles. The quantitative estimate of drug-likeness (QED) is 0.110. The topological polar surface area (TPSA) is 63.6 Å². The first-order valence-corrected chi connectivity index (χ1v) is 14.0. The maximum atomic E-state index is 12.3. The average molecular weight is 455 g/mol. The molecule has 0 rings (SSSR count). The number of aliphatic carboxylic acids is 1. The van der Waals surface area contributed by atoms with Crippen molar-refractivity contribution in [3.05, 3.63) is 0 Å². The third-order valence-corrected chi connectivity index (χ3v) is 6.33. The predicted molar refractivity (Wildman–Crippen MR) is 135 cm³/mol. The Labute approximate surface area is 199 Å². The summed E-state index contributed by atoms with van der Waals surface area (Å²) in [7, 11) is 0. The zero-order valence-electron chi connectivity index (χ0n) is 21.5. The van der Waals surface area contributed by atoms with E-state index in [0.29, 0.717) is 12.8 Å². The van der Waals surface area contributed by atoms with E-state index >= 15 is 0 Å². The third-order valence-electron chi connectivity index (χ3n) is 6.33. The van der Waals surface area contributed by atoms with Gasteiger partial charge < -0.3 is 9.84 Å². The number of hydrogen-bond acceptors (Lipinski definition) is 3. The van der Waals surface area contributed by atoms with Crippen LogP contribution < -0.4 is 0 Å². The lowest BCUT2D eigenvalue weighted by molar-refractivity contribution is -0.150. The number of rotatable bonds is 25. The van der Waals surface area contributed by atoms with Crippen LogP contribution in [-0.4, -0.2) is 23.1 Å². The molecule has 0 saturated carbocycles. The predicted octanol–water partition coefficient (Wildman–Crippen LogP) is 8.99. The van der Waals surface area contributed by atoms with Gasteiger partial charge in [-0.05, 0) is 38.5 Å². The van der Waals surface area contributed by atoms with Crippen molar-refractivity contribution in [1.29, 1.82) is 0 Å². The molecule has 0 aliphatic rings. The van der Waals surface area contributed by atoms with E-state index in [1.165, 1.54) is 77.0 Å². The van der Waals surface area contributed by atoms with Gasteiger partial charge in [-0.2, -0.15) is 0 Å². The molecule has 1 atom stereocenters. The molecular weight excluding hydrogens is 400 g/mol. The third kappa shape index (κ3) is 23.6. The number of unbranched alkanes of at least 4 members (excludes halogenated alkanes) is 16. The fourth-order valence-corrected chi connectivity index (χ4v) is 4.24. The highest BCUT2D eigenvalue weighted by Crippen LogP contribution is 2.17. The van der Waals surface area contributed by atoms with Gasteiger partial charge in [0.25, 0.3) is 0 Å². The molecule has 0 bridgehead atoms. The Morgan fingerprint density at radius 3 is 1.44 bits per heavy atom. The highest BCUT2D eigenvalue weighted by Gasteiger charge is 2.14. The lowest BCUT2D eigenvalue weighted by Gasteiger charge is -2.18. The monoisotopic (exact) mass is 454 g/mol. The van der Waals surface area contributed by atoms with Gasteiger partial charge >= 0.3 is 11.9 Å². The second kappa shape index (κ2) is 24.6. The molecule has 0 fully saturated rings. The van der Waals surface area contributed by atoms with Crippen molar-refractivity contribution in [3.63, 3.8) is 0 Å². The van der Waals surface area contributed by atoms with Crippen molar-refractivity contribution in [2.45, 2.75) is 168 Å². The van der Waals surface area contributed by atoms with Crippen molar-refractivity contribution < 1.29 is 19.4 Å². The van der Waals surface area contributed by atoms with E-state index in [4.69, 9.17) is 9.84 Å². The van der Waals surface area contributed by atoms with Crippen LogP contribution in [0.2, 0.25) is 0 Å². The van der Waals surface area contributed by atoms with Gasteiger partial charge in [0.05, 0.1) is 0 Å². The zero-order valence-corrected chi connectivity index (χ0v) is 21.5. The Kier molecular flexibility index (Phi) is 23.8. The maximum absolute atomic E-state index is 12.3. The smallest absolute Gasteiger partial charge is 0.306 e. The summed E-state index contributed by atoms with van der Waals surface area (Å²) in [6.45, 7) is 4.45. The molecule has 0 amide bonds. The van der Waals surface area contributed by atoms with Gasteiger partial charge in [0.1, 0.15) is 6.10 Å². The zero-order chi connectivity index (χ0) is 23.7. The second-order valence-electron chi connectivity index (χ2n) is 9.59. The Hall–Kier alpha value is -1.06. The number of carboxylic acids is 1. The van der Waals surface area contributed by atoms with Crippen LogP contribution >= 0.6 is 0 Å². The molecule has 4 nitrogen and oxygen atoms in total. The largest absolute Gasteiger partial charge is 0.481 e. The molecule has 190 valence electrons. The first kappa shape index (κ1) is 30.9. The summed E-state index contributed by atoms with van der Waals surface area (Å²) in [5, 5.41) is 8.73. The molecule has 0 aliphatic heterocycles. The lowest BCUT2D eigenvalue weighted by atomic mass is 10.0. The SMILES string of the molecule is CCCCCCCCCCCCCCCC(=O)OC(CCCCC)CCCCCC(=O)O. The highest BCUT2D eigenvalue weighted by atomic mass is 16.5. The van der Waals surface area contributed by atoms with Crippen LogP contribution in [0.3, 0.4) is 0 Å². The van der Waals surface area contributed by atoms with Gasteiger partial charge in [-0.15, -0.1) is 0 Å².